The molecule has 0 aliphatic heterocycles. The molecule has 0 radical (unpaired) electrons. The standard InChI is InChI=1S/2C11H11O.CH2.2ClH.Ti/c2*1-8-6-10(7-9(8)2)11-4-3-5-12-11;;;;/h2*3-6,9H,1-2H3;1H2;2*1H;/q2*-1;;;;+2/p-2. The van der Waals surface area contributed by atoms with Gasteiger partial charge in [-0.2, -0.15) is 35.5 Å². The number of hydrogen-bond acceptors (Lipinski definition) is 2. The fraction of sp³-hybridized carbons (Fsp3) is 0.261. The number of rotatable bonds is 2. The molecule has 4 rings (SSSR count). The molecule has 2 aliphatic carbocycles. The van der Waals surface area contributed by atoms with Crippen LogP contribution in [0.15, 0.2) is 68.9 Å². The summed E-state index contributed by atoms with van der Waals surface area (Å²) in [6.45, 7) is 8.52. The minimum atomic E-state index is 0. The molecule has 0 saturated carbocycles. The van der Waals surface area contributed by atoms with E-state index in [2.05, 4.69) is 56.8 Å². The van der Waals surface area contributed by atoms with Gasteiger partial charge in [0, 0.05) is 11.5 Å². The zero-order chi connectivity index (χ0) is 19.1. The zero-order valence-corrected chi connectivity index (χ0v) is 19.6. The molecule has 0 bridgehead atoms. The van der Waals surface area contributed by atoms with Gasteiger partial charge in [-0.05, 0) is 12.1 Å². The summed E-state index contributed by atoms with van der Waals surface area (Å²) in [5.41, 5.74) is 4.87. The van der Waals surface area contributed by atoms with Gasteiger partial charge in [0.15, 0.2) is 0 Å². The van der Waals surface area contributed by atoms with Gasteiger partial charge in [-0.15, -0.1) is 11.1 Å². The molecule has 0 N–H and O–H groups in total. The first-order chi connectivity index (χ1) is 12.5. The Kier molecular flexibility index (Phi) is 12.4. The Balaban J connectivity index is 0.000000449. The van der Waals surface area contributed by atoms with Crippen LogP contribution in [0.4, 0.5) is 0 Å². The Morgan fingerprint density at radius 3 is 1.36 bits per heavy atom. The van der Waals surface area contributed by atoms with E-state index in [0.717, 1.165) is 22.7 Å². The smallest absolute Gasteiger partial charge is 1.00 e. The van der Waals surface area contributed by atoms with Gasteiger partial charge in [-0.3, -0.25) is 0 Å². The van der Waals surface area contributed by atoms with Gasteiger partial charge in [0.1, 0.15) is 0 Å². The SMILES string of the molecule is CC1=CC(c2ccco2)=[C-]C1C.CC1=CC(c2ccco2)=[C-]C1C.[CH2]=[Ti+2].[Cl-].[Cl-]. The molecule has 5 heteroatoms. The normalized spacial score (nSPS) is 19.4. The van der Waals surface area contributed by atoms with Crippen LogP contribution in [0.1, 0.15) is 39.2 Å². The summed E-state index contributed by atoms with van der Waals surface area (Å²) >= 11 is 1.75. The first-order valence-corrected chi connectivity index (χ1v) is 9.71. The van der Waals surface area contributed by atoms with Crippen LogP contribution in [0.5, 0.6) is 0 Å². The Morgan fingerprint density at radius 2 is 1.14 bits per heavy atom. The van der Waals surface area contributed by atoms with Gasteiger partial charge in [0.25, 0.3) is 0 Å². The van der Waals surface area contributed by atoms with Gasteiger partial charge in [0.05, 0.1) is 12.5 Å². The van der Waals surface area contributed by atoms with Gasteiger partial charge >= 0.3 is 24.8 Å². The number of halogens is 2. The van der Waals surface area contributed by atoms with Gasteiger partial charge < -0.3 is 33.6 Å². The Hall–Kier alpha value is -1.32. The fourth-order valence-corrected chi connectivity index (χ4v) is 2.63. The van der Waals surface area contributed by atoms with E-state index in [0.29, 0.717) is 11.8 Å². The maximum Gasteiger partial charge on any atom is -1.00 e. The molecule has 2 aromatic rings. The third-order valence-electron chi connectivity index (χ3n) is 4.43. The number of hydrogen-bond donors (Lipinski definition) is 0. The minimum absolute atomic E-state index is 0. The van der Waals surface area contributed by atoms with Gasteiger partial charge in [0.2, 0.25) is 0 Å². The Morgan fingerprint density at radius 1 is 0.786 bits per heavy atom. The monoisotopic (exact) mass is 450 g/mol. The van der Waals surface area contributed by atoms with E-state index in [1.807, 2.05) is 24.3 Å². The molecule has 2 heterocycles. The van der Waals surface area contributed by atoms with Crippen LogP contribution in [0.3, 0.4) is 0 Å². The van der Waals surface area contributed by atoms with E-state index in [4.69, 9.17) is 8.83 Å². The molecule has 2 unspecified atom stereocenters. The molecule has 28 heavy (non-hydrogen) atoms. The minimum Gasteiger partial charge on any atom is -1.00 e. The molecule has 0 aromatic carbocycles. The Labute approximate surface area is 192 Å². The van der Waals surface area contributed by atoms with Crippen molar-refractivity contribution in [1.82, 2.24) is 0 Å². The molecular weight excluding hydrogens is 427 g/mol. The second kappa shape index (κ2) is 13.0. The van der Waals surface area contributed by atoms with Crippen LogP contribution < -0.4 is 24.8 Å². The van der Waals surface area contributed by atoms with Gasteiger partial charge in [-0.1, -0.05) is 51.7 Å². The second-order valence-electron chi connectivity index (χ2n) is 6.29. The third kappa shape index (κ3) is 6.93. The molecule has 0 spiro atoms. The Bertz CT molecular complexity index is 758. The quantitative estimate of drug-likeness (QED) is 0.479. The van der Waals surface area contributed by atoms with Gasteiger partial charge in [-0.25, -0.2) is 0 Å². The van der Waals surface area contributed by atoms with E-state index < -0.39 is 0 Å². The molecule has 0 fully saturated rings. The average molecular weight is 451 g/mol. The van der Waals surface area contributed by atoms with Crippen molar-refractivity contribution in [3.63, 3.8) is 0 Å². The van der Waals surface area contributed by atoms with Crippen molar-refractivity contribution in [1.29, 1.82) is 0 Å². The molecular formula is C23H24Cl2O2Ti-2. The molecule has 148 valence electrons. The van der Waals surface area contributed by atoms with Crippen LogP contribution in [-0.4, -0.2) is 4.82 Å². The maximum atomic E-state index is 5.27. The van der Waals surface area contributed by atoms with E-state index in [-0.39, 0.29) is 24.8 Å². The van der Waals surface area contributed by atoms with Crippen molar-refractivity contribution < 1.29 is 53.6 Å². The van der Waals surface area contributed by atoms with Crippen LogP contribution in [0, 0.1) is 24.0 Å². The molecule has 0 saturated heterocycles. The van der Waals surface area contributed by atoms with E-state index in [1.54, 1.807) is 32.5 Å². The summed E-state index contributed by atoms with van der Waals surface area (Å²) in [6, 6.07) is 7.72. The summed E-state index contributed by atoms with van der Waals surface area (Å²) in [7, 11) is 0. The molecule has 0 amide bonds. The van der Waals surface area contributed by atoms with Crippen molar-refractivity contribution in [2.24, 2.45) is 11.8 Å². The molecule has 2 aliphatic rings. The average Bonchev–Trinajstić information content (AvgIpc) is 3.42. The first kappa shape index (κ1) is 26.7. The van der Waals surface area contributed by atoms with Crippen molar-refractivity contribution in [2.45, 2.75) is 27.7 Å². The maximum absolute atomic E-state index is 5.27. The van der Waals surface area contributed by atoms with Crippen molar-refractivity contribution in [3.8, 4) is 0 Å². The van der Waals surface area contributed by atoms with Crippen LogP contribution in [0.25, 0.3) is 11.1 Å². The van der Waals surface area contributed by atoms with E-state index in [9.17, 15) is 0 Å². The topological polar surface area (TPSA) is 26.3 Å². The zero-order valence-electron chi connectivity index (χ0n) is 16.6. The molecule has 2 aromatic heterocycles. The van der Waals surface area contributed by atoms with Crippen LogP contribution >= 0.6 is 0 Å². The summed E-state index contributed by atoms with van der Waals surface area (Å²) in [5.74, 6) is 2.70. The predicted octanol–water partition coefficient (Wildman–Crippen LogP) is 0.0976. The van der Waals surface area contributed by atoms with Crippen molar-refractivity contribution >= 4 is 16.0 Å². The second-order valence-corrected chi connectivity index (χ2v) is 6.29. The predicted molar refractivity (Wildman–Crippen MR) is 104 cm³/mol. The summed E-state index contributed by atoms with van der Waals surface area (Å²) in [4.78, 5) is 3.25. The molecule has 2 atom stereocenters. The first-order valence-electron chi connectivity index (χ1n) is 8.61. The van der Waals surface area contributed by atoms with Crippen LogP contribution in [0.2, 0.25) is 0 Å². The van der Waals surface area contributed by atoms with E-state index >= 15 is 0 Å². The van der Waals surface area contributed by atoms with Crippen molar-refractivity contribution in [3.05, 3.63) is 83.8 Å². The number of allylic oxidation sites excluding steroid dienone is 8. The summed E-state index contributed by atoms with van der Waals surface area (Å²) in [5, 5.41) is 0. The number of furan rings is 2. The van der Waals surface area contributed by atoms with Crippen LogP contribution in [-0.2, 0) is 20.0 Å². The summed E-state index contributed by atoms with van der Waals surface area (Å²) < 4.78 is 10.5. The molecule has 2 nitrogen and oxygen atoms in total. The third-order valence-corrected chi connectivity index (χ3v) is 4.43. The summed E-state index contributed by atoms with van der Waals surface area (Å²) in [6.07, 6.45) is 14.3. The fourth-order valence-electron chi connectivity index (χ4n) is 2.63. The largest absolute Gasteiger partial charge is 1.00 e. The van der Waals surface area contributed by atoms with E-state index in [1.165, 1.54) is 11.1 Å². The van der Waals surface area contributed by atoms with Crippen molar-refractivity contribution in [2.75, 3.05) is 0 Å².